The van der Waals surface area contributed by atoms with Gasteiger partial charge in [-0.3, -0.25) is 9.11 Å². The van der Waals surface area contributed by atoms with Crippen molar-refractivity contribution in [3.05, 3.63) is 30.3 Å². The Hall–Kier alpha value is -1.24. The average Bonchev–Trinajstić information content (AvgIpc) is 2.53. The molecule has 0 amide bonds. The lowest BCUT2D eigenvalue weighted by Crippen LogP contribution is -2.47. The highest BCUT2D eigenvalue weighted by atomic mass is 32.2. The van der Waals surface area contributed by atoms with Gasteiger partial charge in [0.2, 0.25) is 0 Å². The van der Waals surface area contributed by atoms with Gasteiger partial charge in [-0.25, -0.2) is 4.79 Å². The molecule has 5 nitrogen and oxygen atoms in total. The van der Waals surface area contributed by atoms with Gasteiger partial charge in [-0.05, 0) is 12.1 Å². The first-order chi connectivity index (χ1) is 9.70. The Balaban J connectivity index is 1.82. The van der Waals surface area contributed by atoms with Crippen LogP contribution in [0.1, 0.15) is 0 Å². The molecule has 0 aliphatic carbocycles. The fourth-order valence-corrected chi connectivity index (χ4v) is 3.20. The zero-order valence-corrected chi connectivity index (χ0v) is 12.3. The second kappa shape index (κ2) is 7.52. The van der Waals surface area contributed by atoms with Gasteiger partial charge < -0.3 is 9.47 Å². The van der Waals surface area contributed by atoms with Crippen LogP contribution < -0.4 is 0 Å². The summed E-state index contributed by atoms with van der Waals surface area (Å²) < 4.78 is 22.2. The number of ether oxygens (including phenoxy) is 2. The van der Waals surface area contributed by atoms with Gasteiger partial charge in [-0.15, -0.1) is 0 Å². The number of carbonyl (C=O) groups excluding carboxylic acids is 1. The molecule has 1 aromatic carbocycles. The van der Waals surface area contributed by atoms with Crippen molar-refractivity contribution in [2.24, 2.45) is 0 Å². The predicted octanol–water partition coefficient (Wildman–Crippen LogP) is 0.668. The summed E-state index contributed by atoms with van der Waals surface area (Å²) in [5.41, 5.74) is 0. The first-order valence-electron chi connectivity index (χ1n) is 6.56. The van der Waals surface area contributed by atoms with E-state index in [4.69, 9.17) is 4.74 Å². The molecule has 110 valence electrons. The Morgan fingerprint density at radius 3 is 2.90 bits per heavy atom. The van der Waals surface area contributed by atoms with Gasteiger partial charge in [0.1, 0.15) is 0 Å². The molecule has 2 atom stereocenters. The largest absolute Gasteiger partial charge is 0.467 e. The number of esters is 1. The van der Waals surface area contributed by atoms with E-state index < -0.39 is 16.9 Å². The van der Waals surface area contributed by atoms with Gasteiger partial charge in [0.15, 0.2) is 6.10 Å². The summed E-state index contributed by atoms with van der Waals surface area (Å²) in [6.45, 7) is 2.42. The summed E-state index contributed by atoms with van der Waals surface area (Å²) in [7, 11) is 0.349. The van der Waals surface area contributed by atoms with Crippen LogP contribution in [0.15, 0.2) is 35.2 Å². The van der Waals surface area contributed by atoms with Crippen molar-refractivity contribution in [1.29, 1.82) is 0 Å². The standard InChI is InChI=1S/C14H19NO4S/c1-18-14(16)13-11-15(7-9-19-13)8-10-20(17)12-5-3-2-4-6-12/h2-6,13H,7-11H2,1H3/t13-,20-/m1/s1. The van der Waals surface area contributed by atoms with Gasteiger partial charge in [0, 0.05) is 30.3 Å². The number of hydrogen-bond acceptors (Lipinski definition) is 5. The van der Waals surface area contributed by atoms with Gasteiger partial charge in [-0.1, -0.05) is 18.2 Å². The number of rotatable bonds is 5. The third-order valence-electron chi connectivity index (χ3n) is 3.21. The first-order valence-corrected chi connectivity index (χ1v) is 7.88. The Morgan fingerprint density at radius 1 is 1.45 bits per heavy atom. The van der Waals surface area contributed by atoms with Gasteiger partial charge >= 0.3 is 5.97 Å². The molecule has 20 heavy (non-hydrogen) atoms. The summed E-state index contributed by atoms with van der Waals surface area (Å²) in [6, 6.07) is 9.41. The molecule has 0 N–H and O–H groups in total. The van der Waals surface area contributed by atoms with Crippen LogP contribution in [0.4, 0.5) is 0 Å². The highest BCUT2D eigenvalue weighted by Crippen LogP contribution is 2.09. The van der Waals surface area contributed by atoms with Crippen molar-refractivity contribution in [3.63, 3.8) is 0 Å². The highest BCUT2D eigenvalue weighted by molar-refractivity contribution is 7.85. The summed E-state index contributed by atoms with van der Waals surface area (Å²) in [5, 5.41) is 0. The number of hydrogen-bond donors (Lipinski definition) is 0. The van der Waals surface area contributed by atoms with Crippen molar-refractivity contribution < 1.29 is 18.5 Å². The van der Waals surface area contributed by atoms with Gasteiger partial charge in [0.25, 0.3) is 0 Å². The summed E-state index contributed by atoms with van der Waals surface area (Å²) in [5.74, 6) is 0.205. The highest BCUT2D eigenvalue weighted by Gasteiger charge is 2.27. The molecule has 1 aliphatic heterocycles. The van der Waals surface area contributed by atoms with Crippen molar-refractivity contribution in [1.82, 2.24) is 4.90 Å². The van der Waals surface area contributed by atoms with E-state index in [1.165, 1.54) is 7.11 Å². The zero-order chi connectivity index (χ0) is 14.4. The number of morpholine rings is 1. The fourth-order valence-electron chi connectivity index (χ4n) is 2.08. The molecule has 0 unspecified atom stereocenters. The molecule has 0 aromatic heterocycles. The van der Waals surface area contributed by atoms with Crippen LogP contribution in [0.5, 0.6) is 0 Å². The second-order valence-corrected chi connectivity index (χ2v) is 6.12. The van der Waals surface area contributed by atoms with Crippen LogP contribution >= 0.6 is 0 Å². The molecular weight excluding hydrogens is 278 g/mol. The van der Waals surface area contributed by atoms with Gasteiger partial charge in [0.05, 0.1) is 24.5 Å². The summed E-state index contributed by atoms with van der Waals surface area (Å²) in [4.78, 5) is 14.4. The maximum Gasteiger partial charge on any atom is 0.336 e. The lowest BCUT2D eigenvalue weighted by Gasteiger charge is -2.31. The van der Waals surface area contributed by atoms with E-state index in [0.717, 1.165) is 11.4 Å². The molecule has 6 heteroatoms. The molecule has 0 spiro atoms. The molecule has 1 aliphatic rings. The van der Waals surface area contributed by atoms with Crippen molar-refractivity contribution >= 4 is 16.8 Å². The van der Waals surface area contributed by atoms with Crippen LogP contribution in [0.2, 0.25) is 0 Å². The monoisotopic (exact) mass is 297 g/mol. The third-order valence-corrected chi connectivity index (χ3v) is 4.56. The quantitative estimate of drug-likeness (QED) is 0.748. The lowest BCUT2D eigenvalue weighted by atomic mass is 10.3. The number of nitrogens with zero attached hydrogens (tertiary/aromatic N) is 1. The molecular formula is C14H19NO4S. The van der Waals surface area contributed by atoms with E-state index in [0.29, 0.717) is 25.4 Å². The first kappa shape index (κ1) is 15.2. The number of methoxy groups -OCH3 is 1. The van der Waals surface area contributed by atoms with Crippen LogP contribution in [-0.2, 0) is 25.1 Å². The summed E-state index contributed by atoms with van der Waals surface area (Å²) in [6.07, 6.45) is -0.529. The molecule has 1 aromatic rings. The molecule has 0 bridgehead atoms. The van der Waals surface area contributed by atoms with E-state index in [-0.39, 0.29) is 5.97 Å². The van der Waals surface area contributed by atoms with Crippen molar-refractivity contribution in [2.75, 3.05) is 39.1 Å². The van der Waals surface area contributed by atoms with Crippen molar-refractivity contribution in [2.45, 2.75) is 11.0 Å². The fraction of sp³-hybridized carbons (Fsp3) is 0.500. The third kappa shape index (κ3) is 4.13. The zero-order valence-electron chi connectivity index (χ0n) is 11.5. The average molecular weight is 297 g/mol. The number of carbonyl (C=O) groups is 1. The lowest BCUT2D eigenvalue weighted by molar-refractivity contribution is -0.159. The predicted molar refractivity (Wildman–Crippen MR) is 75.9 cm³/mol. The Kier molecular flexibility index (Phi) is 5.70. The van der Waals surface area contributed by atoms with E-state index in [9.17, 15) is 9.00 Å². The van der Waals surface area contributed by atoms with E-state index in [1.54, 1.807) is 0 Å². The topological polar surface area (TPSA) is 55.8 Å². The molecule has 2 rings (SSSR count). The SMILES string of the molecule is COC(=O)[C@H]1CN(CC[S@@](=O)c2ccccc2)CCO1. The minimum absolute atomic E-state index is 0.348. The molecule has 1 fully saturated rings. The molecule has 1 saturated heterocycles. The van der Waals surface area contributed by atoms with Crippen molar-refractivity contribution in [3.8, 4) is 0 Å². The smallest absolute Gasteiger partial charge is 0.336 e. The minimum Gasteiger partial charge on any atom is -0.467 e. The molecule has 1 heterocycles. The Labute approximate surface area is 121 Å². The second-order valence-electron chi connectivity index (χ2n) is 4.55. The maximum absolute atomic E-state index is 12.1. The molecule has 0 saturated carbocycles. The maximum atomic E-state index is 12.1. The van der Waals surface area contributed by atoms with E-state index in [2.05, 4.69) is 9.64 Å². The van der Waals surface area contributed by atoms with Crippen LogP contribution in [0, 0.1) is 0 Å². The van der Waals surface area contributed by atoms with E-state index in [1.807, 2.05) is 30.3 Å². The molecule has 0 radical (unpaired) electrons. The summed E-state index contributed by atoms with van der Waals surface area (Å²) >= 11 is 0. The Bertz CT molecular complexity index is 466. The number of benzene rings is 1. The van der Waals surface area contributed by atoms with Gasteiger partial charge in [-0.2, -0.15) is 0 Å². The van der Waals surface area contributed by atoms with Crippen LogP contribution in [0.3, 0.4) is 0 Å². The van der Waals surface area contributed by atoms with Crippen LogP contribution in [-0.4, -0.2) is 60.3 Å². The minimum atomic E-state index is -1.01. The van der Waals surface area contributed by atoms with Crippen LogP contribution in [0.25, 0.3) is 0 Å². The Morgan fingerprint density at radius 2 is 2.20 bits per heavy atom. The van der Waals surface area contributed by atoms with E-state index >= 15 is 0 Å². The normalized spacial score (nSPS) is 21.4.